The van der Waals surface area contributed by atoms with E-state index in [1.54, 1.807) is 0 Å². The van der Waals surface area contributed by atoms with Crippen LogP contribution in [0.4, 0.5) is 0 Å². The summed E-state index contributed by atoms with van der Waals surface area (Å²) in [5, 5.41) is 0. The summed E-state index contributed by atoms with van der Waals surface area (Å²) in [5.41, 5.74) is 4.36. The zero-order valence-electron chi connectivity index (χ0n) is 16.3. The zero-order chi connectivity index (χ0) is 19.2. The molecule has 2 unspecified atom stereocenters. The lowest BCUT2D eigenvalue weighted by Crippen LogP contribution is -2.33. The van der Waals surface area contributed by atoms with Gasteiger partial charge < -0.3 is 4.90 Å². The van der Waals surface area contributed by atoms with Crippen molar-refractivity contribution in [1.82, 2.24) is 4.90 Å². The highest BCUT2D eigenvalue weighted by molar-refractivity contribution is 5.98. The fourth-order valence-electron chi connectivity index (χ4n) is 3.64. The molecule has 0 fully saturated rings. The summed E-state index contributed by atoms with van der Waals surface area (Å²) in [7, 11) is 4.06. The fraction of sp³-hybridized carbons (Fsp3) is 0.240. The van der Waals surface area contributed by atoms with Crippen LogP contribution >= 0.6 is 0 Å². The van der Waals surface area contributed by atoms with Crippen LogP contribution in [0.3, 0.4) is 0 Å². The van der Waals surface area contributed by atoms with Gasteiger partial charge in [-0.2, -0.15) is 0 Å². The summed E-state index contributed by atoms with van der Waals surface area (Å²) >= 11 is 0. The van der Waals surface area contributed by atoms with Crippen molar-refractivity contribution >= 4 is 5.78 Å². The Morgan fingerprint density at radius 1 is 0.778 bits per heavy atom. The van der Waals surface area contributed by atoms with Crippen LogP contribution in [0.2, 0.25) is 0 Å². The van der Waals surface area contributed by atoms with Crippen LogP contribution in [0.1, 0.15) is 33.0 Å². The van der Waals surface area contributed by atoms with Crippen molar-refractivity contribution in [3.05, 3.63) is 107 Å². The molecule has 3 aromatic carbocycles. The van der Waals surface area contributed by atoms with Crippen LogP contribution in [-0.2, 0) is 0 Å². The number of rotatable bonds is 7. The molecule has 0 saturated heterocycles. The first kappa shape index (κ1) is 19.1. The Kier molecular flexibility index (Phi) is 6.20. The topological polar surface area (TPSA) is 20.3 Å². The predicted octanol–water partition coefficient (Wildman–Crippen LogP) is 5.19. The summed E-state index contributed by atoms with van der Waals surface area (Å²) in [6.07, 6.45) is 0. The van der Waals surface area contributed by atoms with E-state index in [2.05, 4.69) is 60.4 Å². The van der Waals surface area contributed by atoms with Gasteiger partial charge in [-0.25, -0.2) is 0 Å². The highest BCUT2D eigenvalue weighted by atomic mass is 16.1. The van der Waals surface area contributed by atoms with Crippen molar-refractivity contribution < 1.29 is 4.79 Å². The first-order valence-electron chi connectivity index (χ1n) is 9.42. The standard InChI is InChI=1S/C25H27NO/c1-19-14-16-21(17-15-19)24(20-10-6-4-7-11-20)23(18-26(2)3)25(27)22-12-8-5-9-13-22/h4-17,23-24H,18H2,1-3H3. The number of ketones is 1. The summed E-state index contributed by atoms with van der Waals surface area (Å²) in [4.78, 5) is 15.6. The van der Waals surface area contributed by atoms with E-state index in [-0.39, 0.29) is 17.6 Å². The largest absolute Gasteiger partial charge is 0.309 e. The van der Waals surface area contributed by atoms with Crippen molar-refractivity contribution in [3.8, 4) is 0 Å². The van der Waals surface area contributed by atoms with Gasteiger partial charge in [0.15, 0.2) is 5.78 Å². The number of hydrogen-bond acceptors (Lipinski definition) is 2. The lowest BCUT2D eigenvalue weighted by molar-refractivity contribution is 0.0883. The number of nitrogens with zero attached hydrogens (tertiary/aromatic N) is 1. The van der Waals surface area contributed by atoms with Crippen LogP contribution in [0.5, 0.6) is 0 Å². The molecular formula is C25H27NO. The van der Waals surface area contributed by atoms with Crippen molar-refractivity contribution in [1.29, 1.82) is 0 Å². The molecule has 0 bridgehead atoms. The third-order valence-electron chi connectivity index (χ3n) is 4.95. The highest BCUT2D eigenvalue weighted by Gasteiger charge is 2.32. The van der Waals surface area contributed by atoms with Gasteiger partial charge in [-0.1, -0.05) is 90.5 Å². The van der Waals surface area contributed by atoms with Gasteiger partial charge in [0.2, 0.25) is 0 Å². The molecular weight excluding hydrogens is 330 g/mol. The fourth-order valence-corrected chi connectivity index (χ4v) is 3.64. The summed E-state index contributed by atoms with van der Waals surface area (Å²) in [5.74, 6) is 0.0492. The van der Waals surface area contributed by atoms with Gasteiger partial charge in [-0.15, -0.1) is 0 Å². The molecule has 0 heterocycles. The number of carbonyl (C=O) groups excluding carboxylic acids is 1. The first-order chi connectivity index (χ1) is 13.1. The van der Waals surface area contributed by atoms with Gasteiger partial charge in [0.05, 0.1) is 0 Å². The Balaban J connectivity index is 2.10. The minimum Gasteiger partial charge on any atom is -0.309 e. The quantitative estimate of drug-likeness (QED) is 0.543. The van der Waals surface area contributed by atoms with E-state index in [4.69, 9.17) is 0 Å². The number of aryl methyl sites for hydroxylation is 1. The van der Waals surface area contributed by atoms with Crippen LogP contribution in [0, 0.1) is 12.8 Å². The van der Waals surface area contributed by atoms with Crippen LogP contribution in [-0.4, -0.2) is 31.3 Å². The molecule has 2 nitrogen and oxygen atoms in total. The number of benzene rings is 3. The maximum Gasteiger partial charge on any atom is 0.168 e. The summed E-state index contributed by atoms with van der Waals surface area (Å²) in [6.45, 7) is 2.79. The SMILES string of the molecule is Cc1ccc(C(c2ccccc2)C(CN(C)C)C(=O)c2ccccc2)cc1. The third kappa shape index (κ3) is 4.72. The Bertz CT molecular complexity index is 854. The molecule has 3 aromatic rings. The maximum absolute atomic E-state index is 13.5. The van der Waals surface area contributed by atoms with E-state index < -0.39 is 0 Å². The molecule has 0 aromatic heterocycles. The molecule has 0 radical (unpaired) electrons. The molecule has 0 amide bonds. The van der Waals surface area contributed by atoms with Crippen molar-refractivity contribution in [2.24, 2.45) is 5.92 Å². The van der Waals surface area contributed by atoms with E-state index in [9.17, 15) is 4.79 Å². The Morgan fingerprint density at radius 2 is 1.30 bits per heavy atom. The van der Waals surface area contributed by atoms with Crippen LogP contribution in [0.15, 0.2) is 84.9 Å². The summed E-state index contributed by atoms with van der Waals surface area (Å²) in [6, 6.07) is 28.6. The molecule has 2 atom stereocenters. The molecule has 2 heteroatoms. The average Bonchev–Trinajstić information content (AvgIpc) is 2.69. The number of hydrogen-bond donors (Lipinski definition) is 0. The monoisotopic (exact) mass is 357 g/mol. The predicted molar refractivity (Wildman–Crippen MR) is 112 cm³/mol. The average molecular weight is 357 g/mol. The number of Topliss-reactive ketones (excluding diaryl/α,β-unsaturated/α-hetero) is 1. The maximum atomic E-state index is 13.5. The second-order valence-electron chi connectivity index (χ2n) is 7.40. The Hall–Kier alpha value is -2.71. The van der Waals surface area contributed by atoms with Gasteiger partial charge in [0.1, 0.15) is 0 Å². The molecule has 0 aliphatic heterocycles. The van der Waals surface area contributed by atoms with E-state index >= 15 is 0 Å². The third-order valence-corrected chi connectivity index (χ3v) is 4.95. The van der Waals surface area contributed by atoms with Gasteiger partial charge in [0, 0.05) is 23.9 Å². The molecule has 3 rings (SSSR count). The molecule has 0 spiro atoms. The normalized spacial score (nSPS) is 13.3. The molecule has 0 saturated carbocycles. The zero-order valence-corrected chi connectivity index (χ0v) is 16.3. The first-order valence-corrected chi connectivity index (χ1v) is 9.42. The minimum absolute atomic E-state index is 0.0157. The van der Waals surface area contributed by atoms with E-state index in [0.29, 0.717) is 6.54 Å². The molecule has 0 aliphatic carbocycles. The number of carbonyl (C=O) groups is 1. The lowest BCUT2D eigenvalue weighted by Gasteiger charge is -2.29. The van der Waals surface area contributed by atoms with Crippen molar-refractivity contribution in [2.45, 2.75) is 12.8 Å². The molecule has 138 valence electrons. The second kappa shape index (κ2) is 8.79. The molecule has 0 aliphatic rings. The van der Waals surface area contributed by atoms with Crippen LogP contribution < -0.4 is 0 Å². The van der Waals surface area contributed by atoms with Crippen molar-refractivity contribution in [3.63, 3.8) is 0 Å². The highest BCUT2D eigenvalue weighted by Crippen LogP contribution is 2.35. The van der Waals surface area contributed by atoms with E-state index in [0.717, 1.165) is 5.56 Å². The second-order valence-corrected chi connectivity index (χ2v) is 7.40. The Labute approximate surface area is 162 Å². The van der Waals surface area contributed by atoms with Crippen molar-refractivity contribution in [2.75, 3.05) is 20.6 Å². The molecule has 0 N–H and O–H groups in total. The summed E-state index contributed by atoms with van der Waals surface area (Å²) < 4.78 is 0. The molecule has 27 heavy (non-hydrogen) atoms. The van der Waals surface area contributed by atoms with Crippen LogP contribution in [0.25, 0.3) is 0 Å². The van der Waals surface area contributed by atoms with E-state index in [1.165, 1.54) is 16.7 Å². The smallest absolute Gasteiger partial charge is 0.168 e. The van der Waals surface area contributed by atoms with Gasteiger partial charge in [0.25, 0.3) is 0 Å². The Morgan fingerprint density at radius 3 is 1.85 bits per heavy atom. The minimum atomic E-state index is -0.160. The van der Waals surface area contributed by atoms with E-state index in [1.807, 2.05) is 50.5 Å². The lowest BCUT2D eigenvalue weighted by atomic mass is 9.76. The van der Waals surface area contributed by atoms with Gasteiger partial charge >= 0.3 is 0 Å². The van der Waals surface area contributed by atoms with Gasteiger partial charge in [-0.3, -0.25) is 4.79 Å². The van der Waals surface area contributed by atoms with Gasteiger partial charge in [-0.05, 0) is 32.1 Å².